The summed E-state index contributed by atoms with van der Waals surface area (Å²) >= 11 is 1.17. The summed E-state index contributed by atoms with van der Waals surface area (Å²) in [5, 5.41) is 15.0. The maximum absolute atomic E-state index is 13.0. The predicted molar refractivity (Wildman–Crippen MR) is 87.4 cm³/mol. The van der Waals surface area contributed by atoms with Crippen LogP contribution >= 0.6 is 11.3 Å². The van der Waals surface area contributed by atoms with Crippen molar-refractivity contribution >= 4 is 23.1 Å². The van der Waals surface area contributed by atoms with E-state index in [9.17, 15) is 31.6 Å². The van der Waals surface area contributed by atoms with Crippen LogP contribution in [0.1, 0.15) is 16.1 Å². The zero-order valence-electron chi connectivity index (χ0n) is 13.5. The van der Waals surface area contributed by atoms with Crippen LogP contribution in [0, 0.1) is 11.3 Å². The van der Waals surface area contributed by atoms with Gasteiger partial charge in [0.05, 0.1) is 17.3 Å². The van der Waals surface area contributed by atoms with Crippen molar-refractivity contribution in [2.24, 2.45) is 0 Å². The van der Waals surface area contributed by atoms with Gasteiger partial charge in [0.2, 0.25) is 0 Å². The molecule has 0 spiro atoms. The van der Waals surface area contributed by atoms with Gasteiger partial charge in [-0.1, -0.05) is 0 Å². The van der Waals surface area contributed by atoms with E-state index in [1.54, 1.807) is 5.38 Å². The number of halogens is 6. The lowest BCUT2D eigenvalue weighted by atomic mass is 10.0. The zero-order valence-corrected chi connectivity index (χ0v) is 14.3. The number of nitrogens with zero attached hydrogens (tertiary/aromatic N) is 5. The van der Waals surface area contributed by atoms with Crippen molar-refractivity contribution in [3.05, 3.63) is 52.2 Å². The summed E-state index contributed by atoms with van der Waals surface area (Å²) in [7, 11) is 0. The van der Waals surface area contributed by atoms with Crippen LogP contribution in [-0.4, -0.2) is 19.7 Å². The van der Waals surface area contributed by atoms with Crippen molar-refractivity contribution in [2.45, 2.75) is 12.4 Å². The van der Waals surface area contributed by atoms with Gasteiger partial charge in [0.25, 0.3) is 0 Å². The quantitative estimate of drug-likeness (QED) is 0.448. The minimum atomic E-state index is -4.97. The molecule has 0 bridgehead atoms. The smallest absolute Gasteiger partial charge is 0.244 e. The molecule has 2 heterocycles. The molecule has 0 saturated carbocycles. The second-order valence-corrected chi connectivity index (χ2v) is 6.23. The molecule has 5 nitrogen and oxygen atoms in total. The number of allylic oxidation sites excluding steroid dienone is 1. The molecule has 12 heteroatoms. The number of rotatable bonds is 3. The van der Waals surface area contributed by atoms with Gasteiger partial charge in [0.1, 0.15) is 23.0 Å². The Kier molecular flexibility index (Phi) is 4.95. The number of thiazole rings is 1. The third-order valence-electron chi connectivity index (χ3n) is 3.40. The molecular formula is C16H7F6N5S. The number of benzene rings is 1. The monoisotopic (exact) mass is 415 g/mol. The van der Waals surface area contributed by atoms with Gasteiger partial charge >= 0.3 is 12.4 Å². The molecule has 3 rings (SSSR count). The lowest BCUT2D eigenvalue weighted by molar-refractivity contribution is -0.143. The van der Waals surface area contributed by atoms with E-state index in [4.69, 9.17) is 0 Å². The molecule has 1 aromatic carbocycles. The zero-order chi connectivity index (χ0) is 20.5. The SMILES string of the molecule is N#C/C(=C\n1cnc(-c2cc(C(F)(F)F)cc(C(F)(F)F)c2)n1)c1nccs1. The molecule has 144 valence electrons. The van der Waals surface area contributed by atoms with Gasteiger partial charge in [-0.2, -0.15) is 31.6 Å². The van der Waals surface area contributed by atoms with E-state index in [1.165, 1.54) is 23.7 Å². The summed E-state index contributed by atoms with van der Waals surface area (Å²) in [5.41, 5.74) is -3.29. The van der Waals surface area contributed by atoms with Gasteiger partial charge in [-0.3, -0.25) is 0 Å². The summed E-state index contributed by atoms with van der Waals surface area (Å²) in [6.45, 7) is 0. The Bertz CT molecular complexity index is 1020. The highest BCUT2D eigenvalue weighted by Gasteiger charge is 2.37. The van der Waals surface area contributed by atoms with Crippen LogP contribution in [0.15, 0.2) is 36.1 Å². The Balaban J connectivity index is 2.05. The summed E-state index contributed by atoms with van der Waals surface area (Å²) in [4.78, 5) is 7.69. The number of alkyl halides is 6. The molecule has 0 radical (unpaired) electrons. The van der Waals surface area contributed by atoms with Crippen molar-refractivity contribution in [1.82, 2.24) is 19.7 Å². The van der Waals surface area contributed by atoms with Gasteiger partial charge in [-0.15, -0.1) is 16.4 Å². The average Bonchev–Trinajstić information content (AvgIpc) is 3.29. The van der Waals surface area contributed by atoms with Crippen LogP contribution in [0.4, 0.5) is 26.3 Å². The van der Waals surface area contributed by atoms with Gasteiger partial charge in [-0.25, -0.2) is 14.6 Å². The lowest BCUT2D eigenvalue weighted by Gasteiger charge is -2.13. The third kappa shape index (κ3) is 4.20. The van der Waals surface area contributed by atoms with E-state index >= 15 is 0 Å². The van der Waals surface area contributed by atoms with Crippen LogP contribution in [0.5, 0.6) is 0 Å². The van der Waals surface area contributed by atoms with E-state index < -0.39 is 29.0 Å². The normalized spacial score (nSPS) is 12.8. The fourth-order valence-electron chi connectivity index (χ4n) is 2.17. The Labute approximate surface area is 157 Å². The minimum Gasteiger partial charge on any atom is -0.244 e. The van der Waals surface area contributed by atoms with Crippen LogP contribution in [0.2, 0.25) is 0 Å². The number of nitriles is 1. The average molecular weight is 415 g/mol. The van der Waals surface area contributed by atoms with Crippen LogP contribution in [0.25, 0.3) is 23.2 Å². The molecule has 0 unspecified atom stereocenters. The maximum atomic E-state index is 13.0. The standard InChI is InChI=1S/C16H7F6N5S/c17-15(18,19)11-3-9(4-12(5-11)16(20,21)22)13-25-8-27(26-13)7-10(6-23)14-24-1-2-28-14/h1-5,7-8H/b10-7+. The van der Waals surface area contributed by atoms with Gasteiger partial charge in [0, 0.05) is 17.1 Å². The highest BCUT2D eigenvalue weighted by atomic mass is 32.1. The second kappa shape index (κ2) is 7.08. The summed E-state index contributed by atoms with van der Waals surface area (Å²) < 4.78 is 78.8. The summed E-state index contributed by atoms with van der Waals surface area (Å²) in [6.07, 6.45) is -6.20. The molecule has 0 fully saturated rings. The first-order chi connectivity index (χ1) is 13.1. The van der Waals surface area contributed by atoms with E-state index in [2.05, 4.69) is 15.1 Å². The summed E-state index contributed by atoms with van der Waals surface area (Å²) in [6, 6.07) is 2.97. The second-order valence-electron chi connectivity index (χ2n) is 5.33. The minimum absolute atomic E-state index is 0.0244. The molecule has 28 heavy (non-hydrogen) atoms. The number of hydrogen-bond donors (Lipinski definition) is 0. The van der Waals surface area contributed by atoms with Gasteiger partial charge in [-0.05, 0) is 18.2 Å². The molecule has 0 aliphatic rings. The Morgan fingerprint density at radius 3 is 2.18 bits per heavy atom. The largest absolute Gasteiger partial charge is 0.416 e. The van der Waals surface area contributed by atoms with Crippen molar-refractivity contribution in [2.75, 3.05) is 0 Å². The first-order valence-corrected chi connectivity index (χ1v) is 8.18. The van der Waals surface area contributed by atoms with E-state index in [1.807, 2.05) is 6.07 Å². The molecule has 0 saturated heterocycles. The molecule has 0 aliphatic carbocycles. The first-order valence-electron chi connectivity index (χ1n) is 7.31. The highest BCUT2D eigenvalue weighted by Crippen LogP contribution is 2.38. The topological polar surface area (TPSA) is 67.4 Å². The van der Waals surface area contributed by atoms with E-state index in [0.29, 0.717) is 17.1 Å². The molecule has 2 aromatic heterocycles. The highest BCUT2D eigenvalue weighted by molar-refractivity contribution is 7.10. The molecular weight excluding hydrogens is 408 g/mol. The fraction of sp³-hybridized carbons (Fsp3) is 0.125. The first kappa shape index (κ1) is 19.6. The Morgan fingerprint density at radius 2 is 1.68 bits per heavy atom. The van der Waals surface area contributed by atoms with Crippen LogP contribution in [-0.2, 0) is 12.4 Å². The Morgan fingerprint density at radius 1 is 1.04 bits per heavy atom. The molecule has 0 aliphatic heterocycles. The fourth-order valence-corrected chi connectivity index (χ4v) is 2.77. The van der Waals surface area contributed by atoms with E-state index in [0.717, 1.165) is 11.0 Å². The van der Waals surface area contributed by atoms with Crippen molar-refractivity contribution in [3.8, 4) is 17.5 Å². The number of aromatic nitrogens is 4. The van der Waals surface area contributed by atoms with Crippen LogP contribution in [0.3, 0.4) is 0 Å². The summed E-state index contributed by atoms with van der Waals surface area (Å²) in [5.74, 6) is -0.357. The van der Waals surface area contributed by atoms with Crippen LogP contribution < -0.4 is 0 Å². The molecule has 3 aromatic rings. The molecule has 0 amide bonds. The number of hydrogen-bond acceptors (Lipinski definition) is 5. The third-order valence-corrected chi connectivity index (χ3v) is 4.21. The van der Waals surface area contributed by atoms with Crippen molar-refractivity contribution < 1.29 is 26.3 Å². The molecule has 0 N–H and O–H groups in total. The molecule has 0 atom stereocenters. The van der Waals surface area contributed by atoms with E-state index in [-0.39, 0.29) is 17.5 Å². The Hall–Kier alpha value is -3.20. The van der Waals surface area contributed by atoms with Crippen molar-refractivity contribution in [3.63, 3.8) is 0 Å². The maximum Gasteiger partial charge on any atom is 0.416 e. The predicted octanol–water partition coefficient (Wildman–Crippen LogP) is 4.96. The van der Waals surface area contributed by atoms with Gasteiger partial charge in [0.15, 0.2) is 5.82 Å². The van der Waals surface area contributed by atoms with Crippen molar-refractivity contribution in [1.29, 1.82) is 5.26 Å². The lowest BCUT2D eigenvalue weighted by Crippen LogP contribution is -2.11. The van der Waals surface area contributed by atoms with Gasteiger partial charge < -0.3 is 0 Å².